The van der Waals surface area contributed by atoms with Gasteiger partial charge in [0, 0.05) is 25.3 Å². The number of carbonyl (C=O) groups is 4. The molecule has 5 amide bonds. The number of hydrogen-bond donors (Lipinski definition) is 3. The molecule has 0 radical (unpaired) electrons. The standard InChI is InChI=1S/C35H38N6O6S/c1-20-17-24(46-23-9-7-6-8-10-23)13-14-25(20)41-26-15-16-36-32-28(26)29(39-33(41)44)30(48-32)31(43)38-22-12-11-21(18-22)37-27(42)19-40(5)34(45)47-35(2,3)4/h6-10,13-17,21-22H,11-12,18-19H2,1-5H3,(H,37,42)(H,38,43)(H,39,44)/t21-,22+/m1/s1. The van der Waals surface area contributed by atoms with Crippen LogP contribution >= 0.6 is 11.3 Å². The van der Waals surface area contributed by atoms with Gasteiger partial charge in [0.15, 0.2) is 0 Å². The monoisotopic (exact) mass is 670 g/mol. The molecule has 13 heteroatoms. The maximum absolute atomic E-state index is 13.6. The minimum atomic E-state index is -0.657. The highest BCUT2D eigenvalue weighted by Crippen LogP contribution is 2.46. The second-order valence-electron chi connectivity index (χ2n) is 13.0. The third kappa shape index (κ3) is 7.05. The Balaban J connectivity index is 1.13. The van der Waals surface area contributed by atoms with E-state index in [0.717, 1.165) is 5.56 Å². The number of carbonyl (C=O) groups excluding carboxylic acids is 4. The molecule has 0 unspecified atom stereocenters. The van der Waals surface area contributed by atoms with Crippen molar-refractivity contribution in [3.63, 3.8) is 0 Å². The molecule has 48 heavy (non-hydrogen) atoms. The molecule has 6 rings (SSSR count). The van der Waals surface area contributed by atoms with Crippen molar-refractivity contribution in [2.45, 2.75) is 64.6 Å². The number of aromatic nitrogens is 1. The van der Waals surface area contributed by atoms with Gasteiger partial charge in [-0.2, -0.15) is 0 Å². The van der Waals surface area contributed by atoms with Crippen molar-refractivity contribution in [1.82, 2.24) is 20.5 Å². The maximum Gasteiger partial charge on any atom is 0.410 e. The highest BCUT2D eigenvalue weighted by molar-refractivity contribution is 7.21. The zero-order chi connectivity index (χ0) is 34.2. The molecule has 0 saturated heterocycles. The lowest BCUT2D eigenvalue weighted by atomic mass is 10.1. The summed E-state index contributed by atoms with van der Waals surface area (Å²) >= 11 is 1.22. The predicted octanol–water partition coefficient (Wildman–Crippen LogP) is 6.71. The Morgan fingerprint density at radius 2 is 1.75 bits per heavy atom. The molecular weight excluding hydrogens is 632 g/mol. The summed E-state index contributed by atoms with van der Waals surface area (Å²) < 4.78 is 11.3. The minimum absolute atomic E-state index is 0.134. The summed E-state index contributed by atoms with van der Waals surface area (Å²) in [6.45, 7) is 7.08. The number of para-hydroxylation sites is 1. The number of benzene rings is 2. The number of anilines is 3. The number of nitrogens with one attached hydrogen (secondary N) is 3. The Kier molecular flexibility index (Phi) is 8.97. The van der Waals surface area contributed by atoms with Crippen LogP contribution in [0.15, 0.2) is 60.8 Å². The van der Waals surface area contributed by atoms with Crippen LogP contribution < -0.4 is 25.6 Å². The number of likely N-dealkylation sites (N-methyl/N-ethyl adjacent to an activating group) is 1. The summed E-state index contributed by atoms with van der Waals surface area (Å²) in [6.07, 6.45) is 2.96. The molecule has 0 bridgehead atoms. The summed E-state index contributed by atoms with van der Waals surface area (Å²) in [5.74, 6) is 0.754. The van der Waals surface area contributed by atoms with Crippen LogP contribution in [0, 0.1) is 6.92 Å². The lowest BCUT2D eigenvalue weighted by molar-refractivity contribution is -0.122. The molecule has 250 valence electrons. The van der Waals surface area contributed by atoms with E-state index in [1.54, 1.807) is 37.9 Å². The molecular formula is C35H38N6O6S. The van der Waals surface area contributed by atoms with Crippen molar-refractivity contribution in [1.29, 1.82) is 0 Å². The molecule has 2 aromatic carbocycles. The highest BCUT2D eigenvalue weighted by Gasteiger charge is 2.35. The number of rotatable bonds is 8. The number of nitrogens with zero attached hydrogens (tertiary/aromatic N) is 3. The zero-order valence-corrected chi connectivity index (χ0v) is 28.3. The predicted molar refractivity (Wildman–Crippen MR) is 184 cm³/mol. The summed E-state index contributed by atoms with van der Waals surface area (Å²) in [5, 5.41) is 9.69. The van der Waals surface area contributed by atoms with Crippen LogP contribution in [0.5, 0.6) is 11.5 Å². The van der Waals surface area contributed by atoms with E-state index in [9.17, 15) is 19.2 Å². The van der Waals surface area contributed by atoms with Crippen LogP contribution in [0.4, 0.5) is 26.7 Å². The normalized spacial score (nSPS) is 17.1. The van der Waals surface area contributed by atoms with Gasteiger partial charge in [-0.1, -0.05) is 18.2 Å². The zero-order valence-electron chi connectivity index (χ0n) is 27.5. The molecule has 1 aliphatic heterocycles. The Morgan fingerprint density at radius 3 is 2.46 bits per heavy atom. The number of urea groups is 1. The number of thiophene rings is 1. The molecule has 2 aromatic heterocycles. The lowest BCUT2D eigenvalue weighted by Crippen LogP contribution is -2.44. The number of aryl methyl sites for hydroxylation is 1. The van der Waals surface area contributed by atoms with Crippen LogP contribution in [0.3, 0.4) is 0 Å². The van der Waals surface area contributed by atoms with Crippen LogP contribution in [0.2, 0.25) is 0 Å². The van der Waals surface area contributed by atoms with Gasteiger partial charge in [-0.25, -0.2) is 14.6 Å². The van der Waals surface area contributed by atoms with Crippen molar-refractivity contribution in [2.24, 2.45) is 0 Å². The SMILES string of the molecule is Cc1cc(Oc2ccccc2)ccc1N1C(=O)Nc2c(C(=O)N[C@H]3CC[C@@H](NC(=O)CN(C)C(=O)OC(C)(C)C)C3)sc3nccc1c23. The second-order valence-corrected chi connectivity index (χ2v) is 14.0. The first-order valence-corrected chi connectivity index (χ1v) is 16.6. The molecule has 4 aromatic rings. The number of amides is 5. The fraction of sp³-hybridized carbons (Fsp3) is 0.343. The fourth-order valence-corrected chi connectivity index (χ4v) is 6.96. The third-order valence-corrected chi connectivity index (χ3v) is 9.16. The quantitative estimate of drug-likeness (QED) is 0.189. The Labute approximate surface area is 282 Å². The minimum Gasteiger partial charge on any atom is -0.457 e. The Hall–Kier alpha value is -5.17. The molecule has 3 N–H and O–H groups in total. The van der Waals surface area contributed by atoms with Gasteiger partial charge in [0.2, 0.25) is 5.91 Å². The van der Waals surface area contributed by atoms with E-state index in [0.29, 0.717) is 62.9 Å². The Morgan fingerprint density at radius 1 is 1.02 bits per heavy atom. The Bertz CT molecular complexity index is 1890. The van der Waals surface area contributed by atoms with Gasteiger partial charge >= 0.3 is 12.1 Å². The third-order valence-electron chi connectivity index (χ3n) is 8.06. The first-order chi connectivity index (χ1) is 22.9. The average Bonchev–Trinajstić information content (AvgIpc) is 3.62. The molecule has 12 nitrogen and oxygen atoms in total. The first kappa shape index (κ1) is 32.8. The van der Waals surface area contributed by atoms with Gasteiger partial charge in [-0.15, -0.1) is 11.3 Å². The first-order valence-electron chi connectivity index (χ1n) is 15.8. The summed E-state index contributed by atoms with van der Waals surface area (Å²) in [6, 6.07) is 16.1. The fourth-order valence-electron chi connectivity index (χ4n) is 5.94. The van der Waals surface area contributed by atoms with Crippen molar-refractivity contribution in [3.8, 4) is 11.5 Å². The van der Waals surface area contributed by atoms with Crippen molar-refractivity contribution >= 4 is 62.6 Å². The van der Waals surface area contributed by atoms with Gasteiger partial charge in [0.05, 0.1) is 22.4 Å². The van der Waals surface area contributed by atoms with E-state index in [-0.39, 0.29) is 36.5 Å². The summed E-state index contributed by atoms with van der Waals surface area (Å²) in [4.78, 5) is 60.4. The van der Waals surface area contributed by atoms with Crippen molar-refractivity contribution in [3.05, 3.63) is 71.2 Å². The maximum atomic E-state index is 13.6. The van der Waals surface area contributed by atoms with Gasteiger partial charge < -0.3 is 30.3 Å². The summed E-state index contributed by atoms with van der Waals surface area (Å²) in [7, 11) is 1.51. The van der Waals surface area contributed by atoms with Crippen molar-refractivity contribution in [2.75, 3.05) is 23.8 Å². The van der Waals surface area contributed by atoms with E-state index < -0.39 is 11.7 Å². The largest absolute Gasteiger partial charge is 0.457 e. The van der Waals surface area contributed by atoms with Gasteiger partial charge in [0.1, 0.15) is 33.4 Å². The van der Waals surface area contributed by atoms with Crippen LogP contribution in [-0.2, 0) is 9.53 Å². The summed E-state index contributed by atoms with van der Waals surface area (Å²) in [5.41, 5.74) is 1.93. The topological polar surface area (TPSA) is 142 Å². The van der Waals surface area contributed by atoms with E-state index in [4.69, 9.17) is 9.47 Å². The molecule has 1 saturated carbocycles. The van der Waals surface area contributed by atoms with E-state index in [1.807, 2.05) is 55.5 Å². The van der Waals surface area contributed by atoms with Crippen LogP contribution in [0.1, 0.15) is 55.3 Å². The molecule has 0 spiro atoms. The van der Waals surface area contributed by atoms with Crippen LogP contribution in [0.25, 0.3) is 10.2 Å². The molecule has 1 aliphatic carbocycles. The van der Waals surface area contributed by atoms with E-state index >= 15 is 0 Å². The molecule has 2 atom stereocenters. The van der Waals surface area contributed by atoms with Gasteiger partial charge in [0.25, 0.3) is 5.91 Å². The molecule has 2 aliphatic rings. The van der Waals surface area contributed by atoms with Gasteiger partial charge in [-0.3, -0.25) is 14.5 Å². The van der Waals surface area contributed by atoms with Crippen LogP contribution in [-0.4, -0.2) is 65.1 Å². The number of ether oxygens (including phenoxy) is 2. The van der Waals surface area contributed by atoms with Crippen molar-refractivity contribution < 1.29 is 28.7 Å². The number of hydrogen-bond acceptors (Lipinski definition) is 8. The number of pyridine rings is 1. The molecule has 1 fully saturated rings. The smallest absolute Gasteiger partial charge is 0.410 e. The molecule has 3 heterocycles. The average molecular weight is 671 g/mol. The van der Waals surface area contributed by atoms with E-state index in [2.05, 4.69) is 20.9 Å². The second kappa shape index (κ2) is 13.1. The van der Waals surface area contributed by atoms with E-state index in [1.165, 1.54) is 23.3 Å². The lowest BCUT2D eigenvalue weighted by Gasteiger charge is -2.29. The van der Waals surface area contributed by atoms with Gasteiger partial charge in [-0.05, 0) is 88.9 Å². The highest BCUT2D eigenvalue weighted by atomic mass is 32.1.